The third-order valence-electron chi connectivity index (χ3n) is 6.15. The molecule has 1 unspecified atom stereocenters. The lowest BCUT2D eigenvalue weighted by molar-refractivity contribution is -0.141. The van der Waals surface area contributed by atoms with E-state index in [0.717, 1.165) is 42.4 Å². The zero-order valence-electron chi connectivity index (χ0n) is 18.9. The van der Waals surface area contributed by atoms with Gasteiger partial charge in [-0.05, 0) is 49.4 Å². The third kappa shape index (κ3) is 6.73. The van der Waals surface area contributed by atoms with Crippen LogP contribution in [0, 0.1) is 6.92 Å². The number of hydrogen-bond donors (Lipinski definition) is 1. The van der Waals surface area contributed by atoms with Crippen LogP contribution in [0.15, 0.2) is 42.5 Å². The zero-order valence-corrected chi connectivity index (χ0v) is 20.4. The minimum Gasteiger partial charge on any atom is -0.352 e. The summed E-state index contributed by atoms with van der Waals surface area (Å²) in [5.41, 5.74) is 2.93. The van der Waals surface area contributed by atoms with Crippen molar-refractivity contribution >= 4 is 35.0 Å². The fourth-order valence-corrected chi connectivity index (χ4v) is 4.60. The standard InChI is InChI=1S/C26H32Cl2N2O2/c1-3-24(26(32)29-21-7-5-4-6-8-21)30(17-20-13-14-22(27)23(28)15-20)25(31)16-19-11-9-18(2)10-12-19/h9-15,21,24H,3-8,16-17H2,1-2H3,(H,29,32). The van der Waals surface area contributed by atoms with Gasteiger partial charge in [-0.15, -0.1) is 0 Å². The monoisotopic (exact) mass is 474 g/mol. The number of benzene rings is 2. The molecule has 0 spiro atoms. The molecule has 6 heteroatoms. The van der Waals surface area contributed by atoms with E-state index in [1.54, 1.807) is 17.0 Å². The van der Waals surface area contributed by atoms with E-state index in [9.17, 15) is 9.59 Å². The number of nitrogens with one attached hydrogen (secondary N) is 1. The van der Waals surface area contributed by atoms with E-state index in [4.69, 9.17) is 23.2 Å². The number of carbonyl (C=O) groups excluding carboxylic acids is 2. The van der Waals surface area contributed by atoms with Crippen molar-refractivity contribution in [2.45, 2.75) is 77.4 Å². The summed E-state index contributed by atoms with van der Waals surface area (Å²) in [7, 11) is 0. The second kappa shape index (κ2) is 11.7. The Balaban J connectivity index is 1.82. The lowest BCUT2D eigenvalue weighted by atomic mass is 9.95. The van der Waals surface area contributed by atoms with Crippen LogP contribution in [0.3, 0.4) is 0 Å². The van der Waals surface area contributed by atoms with Crippen molar-refractivity contribution in [1.29, 1.82) is 0 Å². The Bertz CT molecular complexity index is 924. The Kier molecular flexibility index (Phi) is 9.01. The molecule has 3 rings (SSSR count). The van der Waals surface area contributed by atoms with E-state index in [1.807, 2.05) is 44.2 Å². The highest BCUT2D eigenvalue weighted by molar-refractivity contribution is 6.42. The molecule has 2 amide bonds. The van der Waals surface area contributed by atoms with Gasteiger partial charge in [-0.1, -0.05) is 85.3 Å². The van der Waals surface area contributed by atoms with Gasteiger partial charge in [0.2, 0.25) is 11.8 Å². The average Bonchev–Trinajstić information content (AvgIpc) is 2.78. The SMILES string of the molecule is CCC(C(=O)NC1CCCCC1)N(Cc1ccc(Cl)c(Cl)c1)C(=O)Cc1ccc(C)cc1. The van der Waals surface area contributed by atoms with Gasteiger partial charge < -0.3 is 10.2 Å². The Morgan fingerprint density at radius 2 is 1.66 bits per heavy atom. The van der Waals surface area contributed by atoms with Crippen LogP contribution in [0.4, 0.5) is 0 Å². The van der Waals surface area contributed by atoms with E-state index in [1.165, 1.54) is 6.42 Å². The Morgan fingerprint density at radius 3 is 2.28 bits per heavy atom. The normalized spacial score (nSPS) is 15.2. The quantitative estimate of drug-likeness (QED) is 0.502. The maximum Gasteiger partial charge on any atom is 0.243 e. The summed E-state index contributed by atoms with van der Waals surface area (Å²) >= 11 is 12.3. The molecule has 0 aliphatic heterocycles. The summed E-state index contributed by atoms with van der Waals surface area (Å²) in [5, 5.41) is 4.11. The zero-order chi connectivity index (χ0) is 23.1. The van der Waals surface area contributed by atoms with Crippen LogP contribution in [0.5, 0.6) is 0 Å². The third-order valence-corrected chi connectivity index (χ3v) is 6.89. The first-order chi connectivity index (χ1) is 15.4. The summed E-state index contributed by atoms with van der Waals surface area (Å²) in [4.78, 5) is 28.4. The molecule has 1 saturated carbocycles. The highest BCUT2D eigenvalue weighted by atomic mass is 35.5. The summed E-state index contributed by atoms with van der Waals surface area (Å²) in [6, 6.07) is 12.9. The molecule has 1 fully saturated rings. The van der Waals surface area contributed by atoms with Crippen molar-refractivity contribution in [3.05, 3.63) is 69.2 Å². The summed E-state index contributed by atoms with van der Waals surface area (Å²) in [5.74, 6) is -0.151. The first-order valence-corrected chi connectivity index (χ1v) is 12.2. The smallest absolute Gasteiger partial charge is 0.243 e. The van der Waals surface area contributed by atoms with Crippen molar-refractivity contribution in [3.63, 3.8) is 0 Å². The maximum absolute atomic E-state index is 13.4. The lowest BCUT2D eigenvalue weighted by Gasteiger charge is -2.33. The van der Waals surface area contributed by atoms with Crippen LogP contribution < -0.4 is 5.32 Å². The number of hydrogen-bond acceptors (Lipinski definition) is 2. The predicted octanol–water partition coefficient (Wildman–Crippen LogP) is 6.10. The molecule has 0 saturated heterocycles. The largest absolute Gasteiger partial charge is 0.352 e. The minimum atomic E-state index is -0.538. The fourth-order valence-electron chi connectivity index (χ4n) is 4.28. The van der Waals surface area contributed by atoms with Crippen molar-refractivity contribution in [3.8, 4) is 0 Å². The number of aryl methyl sites for hydroxylation is 1. The van der Waals surface area contributed by atoms with Crippen molar-refractivity contribution < 1.29 is 9.59 Å². The topological polar surface area (TPSA) is 49.4 Å². The molecule has 4 nitrogen and oxygen atoms in total. The molecule has 1 aliphatic carbocycles. The van der Waals surface area contributed by atoms with Crippen LogP contribution in [0.25, 0.3) is 0 Å². The molecule has 32 heavy (non-hydrogen) atoms. The second-order valence-electron chi connectivity index (χ2n) is 8.70. The molecule has 0 radical (unpaired) electrons. The van der Waals surface area contributed by atoms with Crippen LogP contribution >= 0.6 is 23.2 Å². The van der Waals surface area contributed by atoms with Gasteiger partial charge in [0.15, 0.2) is 0 Å². The molecule has 1 atom stereocenters. The van der Waals surface area contributed by atoms with E-state index in [0.29, 0.717) is 23.0 Å². The number of nitrogens with zero attached hydrogens (tertiary/aromatic N) is 1. The number of rotatable bonds is 8. The van der Waals surface area contributed by atoms with Crippen LogP contribution in [0.2, 0.25) is 10.0 Å². The lowest BCUT2D eigenvalue weighted by Crippen LogP contribution is -2.51. The summed E-state index contributed by atoms with van der Waals surface area (Å²) in [6.45, 7) is 4.27. The molecule has 0 aromatic heterocycles. The first-order valence-electron chi connectivity index (χ1n) is 11.5. The van der Waals surface area contributed by atoms with Gasteiger partial charge >= 0.3 is 0 Å². The average molecular weight is 475 g/mol. The number of halogens is 2. The van der Waals surface area contributed by atoms with E-state index in [-0.39, 0.29) is 24.3 Å². The Hall–Kier alpha value is -2.04. The fraction of sp³-hybridized carbons (Fsp3) is 0.462. The molecule has 1 N–H and O–H groups in total. The van der Waals surface area contributed by atoms with Crippen LogP contribution in [-0.2, 0) is 22.6 Å². The predicted molar refractivity (Wildman–Crippen MR) is 131 cm³/mol. The highest BCUT2D eigenvalue weighted by Gasteiger charge is 2.30. The number of carbonyl (C=O) groups is 2. The molecule has 0 heterocycles. The molecular formula is C26H32Cl2N2O2. The Labute approximate surface area is 201 Å². The van der Waals surface area contributed by atoms with Gasteiger partial charge in [-0.2, -0.15) is 0 Å². The number of amides is 2. The first kappa shape index (κ1) is 24.6. The van der Waals surface area contributed by atoms with Crippen LogP contribution in [-0.4, -0.2) is 28.8 Å². The Morgan fingerprint density at radius 1 is 1.00 bits per heavy atom. The van der Waals surface area contributed by atoms with Gasteiger partial charge in [-0.25, -0.2) is 0 Å². The van der Waals surface area contributed by atoms with Gasteiger partial charge in [0.05, 0.1) is 16.5 Å². The summed E-state index contributed by atoms with van der Waals surface area (Å²) in [6.07, 6.45) is 6.30. The molecule has 1 aliphatic rings. The maximum atomic E-state index is 13.4. The van der Waals surface area contributed by atoms with Gasteiger partial charge in [0, 0.05) is 12.6 Å². The second-order valence-corrected chi connectivity index (χ2v) is 9.51. The van der Waals surface area contributed by atoms with Crippen molar-refractivity contribution in [2.75, 3.05) is 0 Å². The summed E-state index contributed by atoms with van der Waals surface area (Å²) < 4.78 is 0. The van der Waals surface area contributed by atoms with Crippen molar-refractivity contribution in [1.82, 2.24) is 10.2 Å². The van der Waals surface area contributed by atoms with Crippen molar-refractivity contribution in [2.24, 2.45) is 0 Å². The molecule has 172 valence electrons. The van der Waals surface area contributed by atoms with Gasteiger partial charge in [-0.3, -0.25) is 9.59 Å². The molecule has 2 aromatic rings. The van der Waals surface area contributed by atoms with Gasteiger partial charge in [0.25, 0.3) is 0 Å². The van der Waals surface area contributed by atoms with E-state index < -0.39 is 6.04 Å². The molecule has 2 aromatic carbocycles. The van der Waals surface area contributed by atoms with Gasteiger partial charge in [0.1, 0.15) is 6.04 Å². The van der Waals surface area contributed by atoms with E-state index >= 15 is 0 Å². The molecule has 0 bridgehead atoms. The minimum absolute atomic E-state index is 0.0725. The highest BCUT2D eigenvalue weighted by Crippen LogP contribution is 2.25. The molecular weight excluding hydrogens is 443 g/mol. The van der Waals surface area contributed by atoms with E-state index in [2.05, 4.69) is 5.32 Å². The van der Waals surface area contributed by atoms with Crippen LogP contribution in [0.1, 0.15) is 62.1 Å².